The van der Waals surface area contributed by atoms with Gasteiger partial charge in [0, 0.05) is 12.6 Å². The van der Waals surface area contributed by atoms with Crippen LogP contribution in [-0.2, 0) is 41.6 Å². The Hall–Kier alpha value is -3.52. The molecule has 2 atom stereocenters. The van der Waals surface area contributed by atoms with Crippen LogP contribution < -0.4 is 4.90 Å². The molecule has 1 heterocycles. The minimum Gasteiger partial charge on any atom is -0.453 e. The Morgan fingerprint density at radius 3 is 2.00 bits per heavy atom. The molecule has 0 unspecified atom stereocenters. The van der Waals surface area contributed by atoms with Gasteiger partial charge < -0.3 is 19.7 Å². The highest BCUT2D eigenvalue weighted by Crippen LogP contribution is 2.44. The molecule has 0 bridgehead atoms. The molecule has 3 rings (SSSR count). The normalized spacial score (nSPS) is 17.3. The monoisotopic (exact) mass is 578 g/mol. The van der Waals surface area contributed by atoms with Crippen LogP contribution in [0.3, 0.4) is 0 Å². The number of aliphatic hydroxyl groups is 2. The number of rotatable bonds is 6. The Balaban J connectivity index is 2.20. The zero-order valence-corrected chi connectivity index (χ0v) is 21.8. The molecule has 8 nitrogen and oxygen atoms in total. The van der Waals surface area contributed by atoms with Gasteiger partial charge in [-0.2, -0.15) is 26.3 Å². The van der Waals surface area contributed by atoms with Crippen molar-refractivity contribution in [2.45, 2.75) is 64.5 Å². The third-order valence-corrected chi connectivity index (χ3v) is 6.56. The molecule has 14 heteroatoms. The maximum atomic E-state index is 13.5. The van der Waals surface area contributed by atoms with Crippen LogP contribution in [0.2, 0.25) is 0 Å². The first-order valence-corrected chi connectivity index (χ1v) is 12.1. The average molecular weight is 579 g/mol. The summed E-state index contributed by atoms with van der Waals surface area (Å²) in [7, 11) is 1.01. The Morgan fingerprint density at radius 1 is 0.975 bits per heavy atom. The summed E-state index contributed by atoms with van der Waals surface area (Å²) >= 11 is 0. The Kier molecular flexibility index (Phi) is 9.24. The lowest BCUT2D eigenvalue weighted by Gasteiger charge is -2.43. The van der Waals surface area contributed by atoms with Crippen LogP contribution in [0.15, 0.2) is 30.3 Å². The van der Waals surface area contributed by atoms with E-state index in [1.165, 1.54) is 17.0 Å². The van der Waals surface area contributed by atoms with Gasteiger partial charge in [0.1, 0.15) is 0 Å². The zero-order chi connectivity index (χ0) is 30.0. The number of fused-ring (bicyclic) bond motifs is 1. The van der Waals surface area contributed by atoms with Gasteiger partial charge in [-0.3, -0.25) is 9.80 Å². The molecule has 2 aromatic rings. The third kappa shape index (κ3) is 6.44. The molecule has 1 aliphatic heterocycles. The summed E-state index contributed by atoms with van der Waals surface area (Å²) in [6.07, 6.45) is -12.0. The van der Waals surface area contributed by atoms with Crippen LogP contribution in [0, 0.1) is 0 Å². The summed E-state index contributed by atoms with van der Waals surface area (Å²) in [4.78, 5) is 28.0. The first kappa shape index (κ1) is 31.0. The van der Waals surface area contributed by atoms with E-state index in [9.17, 15) is 46.1 Å². The van der Waals surface area contributed by atoms with E-state index in [0.717, 1.165) is 12.0 Å². The van der Waals surface area contributed by atoms with Crippen molar-refractivity contribution in [3.63, 3.8) is 0 Å². The number of alkyl halides is 6. The van der Waals surface area contributed by atoms with E-state index in [-0.39, 0.29) is 41.5 Å². The summed E-state index contributed by atoms with van der Waals surface area (Å²) in [5.41, 5.74) is -2.58. The third-order valence-electron chi connectivity index (χ3n) is 6.56. The molecule has 0 radical (unpaired) electrons. The molecule has 1 aliphatic rings. The molecule has 0 aromatic heterocycles. The fourth-order valence-electron chi connectivity index (χ4n) is 4.75. The van der Waals surface area contributed by atoms with Gasteiger partial charge >= 0.3 is 24.5 Å². The van der Waals surface area contributed by atoms with E-state index < -0.39 is 73.1 Å². The lowest BCUT2D eigenvalue weighted by atomic mass is 9.87. The largest absolute Gasteiger partial charge is 0.453 e. The number of halogens is 6. The maximum absolute atomic E-state index is 13.5. The van der Waals surface area contributed by atoms with Gasteiger partial charge in [0.05, 0.1) is 49.8 Å². The van der Waals surface area contributed by atoms with E-state index in [4.69, 9.17) is 9.47 Å². The van der Waals surface area contributed by atoms with Crippen molar-refractivity contribution < 1.29 is 55.6 Å². The molecule has 0 spiro atoms. The topological polar surface area (TPSA) is 99.5 Å². The van der Waals surface area contributed by atoms with Crippen molar-refractivity contribution in [2.75, 3.05) is 18.6 Å². The quantitative estimate of drug-likeness (QED) is 0.422. The van der Waals surface area contributed by atoms with Crippen molar-refractivity contribution in [3.05, 3.63) is 63.7 Å². The van der Waals surface area contributed by atoms with Gasteiger partial charge in [-0.25, -0.2) is 9.59 Å². The molecular formula is C26H28F6N2O6. The number of carbonyl (C=O) groups excluding carboxylic acids is 2. The maximum Gasteiger partial charge on any atom is 0.416 e. The molecule has 0 fully saturated rings. The average Bonchev–Trinajstić information content (AvgIpc) is 2.89. The predicted molar refractivity (Wildman–Crippen MR) is 129 cm³/mol. The Morgan fingerprint density at radius 2 is 1.52 bits per heavy atom. The van der Waals surface area contributed by atoms with Crippen molar-refractivity contribution in [1.82, 2.24) is 4.90 Å². The first-order chi connectivity index (χ1) is 18.7. The van der Waals surface area contributed by atoms with Crippen molar-refractivity contribution in [1.29, 1.82) is 0 Å². The molecule has 2 amide bonds. The summed E-state index contributed by atoms with van der Waals surface area (Å²) in [5.74, 6) is 0. The van der Waals surface area contributed by atoms with E-state index in [2.05, 4.69) is 0 Å². The smallest absolute Gasteiger partial charge is 0.416 e. The van der Waals surface area contributed by atoms with Crippen molar-refractivity contribution >= 4 is 17.9 Å². The second-order valence-corrected chi connectivity index (χ2v) is 9.18. The predicted octanol–water partition coefficient (Wildman–Crippen LogP) is 5.77. The summed E-state index contributed by atoms with van der Waals surface area (Å²) < 4.78 is 90.8. The van der Waals surface area contributed by atoms with E-state index in [0.29, 0.717) is 12.1 Å². The van der Waals surface area contributed by atoms with Crippen molar-refractivity contribution in [3.8, 4) is 0 Å². The highest BCUT2D eigenvalue weighted by atomic mass is 19.4. The number of nitrogens with zero attached hydrogens (tertiary/aromatic N) is 2. The van der Waals surface area contributed by atoms with Crippen LogP contribution in [0.4, 0.5) is 41.6 Å². The standard InChI is InChI=1S/C26H28F6N2O6/c1-4-40-24(38)34-14(2)5-21(20-8-16(12-35)17(13-36)9-22(20)34)33(23(37)39-3)11-15-6-18(25(27,28)29)10-19(7-15)26(30,31)32/h6-10,14,21,35-36H,4-5,11-13H2,1-3H3/t14-,21+/m1/s1. The number of methoxy groups -OCH3 is 1. The number of carbonyl (C=O) groups is 2. The van der Waals surface area contributed by atoms with Crippen LogP contribution in [0.1, 0.15) is 59.7 Å². The van der Waals surface area contributed by atoms with Crippen LogP contribution in [-0.4, -0.2) is 47.1 Å². The minimum atomic E-state index is -5.09. The van der Waals surface area contributed by atoms with Crippen molar-refractivity contribution in [2.24, 2.45) is 0 Å². The highest BCUT2D eigenvalue weighted by molar-refractivity contribution is 5.90. The molecule has 40 heavy (non-hydrogen) atoms. The molecular weight excluding hydrogens is 550 g/mol. The number of hydrogen-bond acceptors (Lipinski definition) is 6. The number of benzene rings is 2. The second-order valence-electron chi connectivity index (χ2n) is 9.18. The molecule has 2 aromatic carbocycles. The van der Waals surface area contributed by atoms with Gasteiger partial charge in [0.2, 0.25) is 0 Å². The van der Waals surface area contributed by atoms with Crippen LogP contribution in [0.5, 0.6) is 0 Å². The lowest BCUT2D eigenvalue weighted by Crippen LogP contribution is -2.47. The minimum absolute atomic E-state index is 0.00462. The first-order valence-electron chi connectivity index (χ1n) is 12.1. The Bertz CT molecular complexity index is 1220. The van der Waals surface area contributed by atoms with Crippen LogP contribution in [0.25, 0.3) is 0 Å². The number of ether oxygens (including phenoxy) is 2. The number of amides is 2. The van der Waals surface area contributed by atoms with Gasteiger partial charge in [-0.1, -0.05) is 0 Å². The van der Waals surface area contributed by atoms with E-state index in [1.54, 1.807) is 13.8 Å². The Labute approximate surface area is 225 Å². The second kappa shape index (κ2) is 11.9. The summed E-state index contributed by atoms with van der Waals surface area (Å²) in [6.45, 7) is 1.50. The molecule has 220 valence electrons. The van der Waals surface area contributed by atoms with Crippen LogP contribution >= 0.6 is 0 Å². The zero-order valence-electron chi connectivity index (χ0n) is 21.8. The van der Waals surface area contributed by atoms with E-state index >= 15 is 0 Å². The molecule has 2 N–H and O–H groups in total. The summed E-state index contributed by atoms with van der Waals surface area (Å²) in [6, 6.07) is 2.21. The number of aliphatic hydroxyl groups excluding tert-OH is 2. The molecule has 0 saturated carbocycles. The fraction of sp³-hybridized carbons (Fsp3) is 0.462. The van der Waals surface area contributed by atoms with Gasteiger partial charge in [-0.15, -0.1) is 0 Å². The lowest BCUT2D eigenvalue weighted by molar-refractivity contribution is -0.143. The van der Waals surface area contributed by atoms with Gasteiger partial charge in [0.15, 0.2) is 0 Å². The summed E-state index contributed by atoms with van der Waals surface area (Å²) in [5, 5.41) is 19.7. The van der Waals surface area contributed by atoms with E-state index in [1.807, 2.05) is 0 Å². The number of anilines is 1. The highest BCUT2D eigenvalue weighted by Gasteiger charge is 2.41. The fourth-order valence-corrected chi connectivity index (χ4v) is 4.75. The molecule has 0 saturated heterocycles. The SMILES string of the molecule is CCOC(=O)N1c2cc(CO)c(CO)cc2[C@@H](N(Cc2cc(C(F)(F)F)cc(C(F)(F)F)c2)C(=O)OC)C[C@H]1C. The molecule has 0 aliphatic carbocycles. The number of hydrogen-bond donors (Lipinski definition) is 2. The van der Waals surface area contributed by atoms with Gasteiger partial charge in [-0.05, 0) is 72.9 Å². The van der Waals surface area contributed by atoms with Gasteiger partial charge in [0.25, 0.3) is 0 Å².